The minimum absolute atomic E-state index is 0.0258. The van der Waals surface area contributed by atoms with E-state index in [-0.39, 0.29) is 30.8 Å². The quantitative estimate of drug-likeness (QED) is 0.773. The molecule has 2 aliphatic rings. The van der Waals surface area contributed by atoms with E-state index in [1.807, 2.05) is 32.0 Å². The highest BCUT2D eigenvalue weighted by molar-refractivity contribution is 5.97. The van der Waals surface area contributed by atoms with Crippen molar-refractivity contribution < 1.29 is 14.3 Å². The Kier molecular flexibility index (Phi) is 6.54. The predicted molar refractivity (Wildman–Crippen MR) is 107 cm³/mol. The second-order valence-electron chi connectivity index (χ2n) is 7.61. The molecule has 2 amide bonds. The average Bonchev–Trinajstić information content (AvgIpc) is 2.66. The Labute approximate surface area is 161 Å². The number of hydrogen-bond acceptors (Lipinski definition) is 3. The number of nitrogens with zero attached hydrogens (tertiary/aromatic N) is 1. The van der Waals surface area contributed by atoms with E-state index in [4.69, 9.17) is 4.74 Å². The van der Waals surface area contributed by atoms with E-state index in [2.05, 4.69) is 11.4 Å². The number of carbonyl (C=O) groups is 2. The summed E-state index contributed by atoms with van der Waals surface area (Å²) in [4.78, 5) is 26.6. The predicted octanol–water partition coefficient (Wildman–Crippen LogP) is 3.90. The summed E-state index contributed by atoms with van der Waals surface area (Å²) in [6, 6.07) is 5.86. The number of rotatable bonds is 6. The molecule has 0 unspecified atom stereocenters. The zero-order valence-electron chi connectivity index (χ0n) is 16.4. The highest BCUT2D eigenvalue weighted by atomic mass is 16.5. The van der Waals surface area contributed by atoms with Crippen LogP contribution in [0.3, 0.4) is 0 Å². The SMILES string of the molecule is Cc1ccc2c(c1)N(C(=O)CCC(=O)NCCC1=CCCCC1)C[C@H](C)O2. The Bertz CT molecular complexity index is 726. The van der Waals surface area contributed by atoms with Crippen molar-refractivity contribution in [1.82, 2.24) is 5.32 Å². The van der Waals surface area contributed by atoms with Crippen LogP contribution in [0.15, 0.2) is 29.8 Å². The number of allylic oxidation sites excluding steroid dienone is 1. The third-order valence-electron chi connectivity index (χ3n) is 5.19. The van der Waals surface area contributed by atoms with Gasteiger partial charge in [0.15, 0.2) is 0 Å². The summed E-state index contributed by atoms with van der Waals surface area (Å²) in [5, 5.41) is 2.95. The van der Waals surface area contributed by atoms with Crippen LogP contribution in [0.25, 0.3) is 0 Å². The summed E-state index contributed by atoms with van der Waals surface area (Å²) in [5.74, 6) is 0.658. The van der Waals surface area contributed by atoms with Gasteiger partial charge in [-0.2, -0.15) is 0 Å². The molecule has 5 heteroatoms. The van der Waals surface area contributed by atoms with Gasteiger partial charge in [0.05, 0.1) is 12.2 Å². The zero-order valence-corrected chi connectivity index (χ0v) is 16.4. The van der Waals surface area contributed by atoms with Crippen molar-refractivity contribution in [2.24, 2.45) is 0 Å². The van der Waals surface area contributed by atoms with Gasteiger partial charge in [0.2, 0.25) is 11.8 Å². The zero-order chi connectivity index (χ0) is 19.2. The first-order valence-corrected chi connectivity index (χ1v) is 10.0. The molecule has 3 rings (SSSR count). The van der Waals surface area contributed by atoms with Crippen LogP contribution in [0.4, 0.5) is 5.69 Å². The van der Waals surface area contributed by atoms with Crippen LogP contribution < -0.4 is 15.0 Å². The van der Waals surface area contributed by atoms with E-state index in [0.29, 0.717) is 13.1 Å². The van der Waals surface area contributed by atoms with E-state index in [1.54, 1.807) is 4.90 Å². The van der Waals surface area contributed by atoms with Gasteiger partial charge in [-0.05, 0) is 63.6 Å². The monoisotopic (exact) mass is 370 g/mol. The maximum atomic E-state index is 12.7. The highest BCUT2D eigenvalue weighted by Crippen LogP contribution is 2.34. The van der Waals surface area contributed by atoms with Crippen LogP contribution in [0.5, 0.6) is 5.75 Å². The Morgan fingerprint density at radius 2 is 2.11 bits per heavy atom. The molecule has 1 atom stereocenters. The number of hydrogen-bond donors (Lipinski definition) is 1. The summed E-state index contributed by atoms with van der Waals surface area (Å²) in [5.41, 5.74) is 3.34. The second kappa shape index (κ2) is 9.07. The number of aryl methyl sites for hydroxylation is 1. The van der Waals surface area contributed by atoms with Crippen LogP contribution in [0.1, 0.15) is 57.4 Å². The second-order valence-corrected chi connectivity index (χ2v) is 7.61. The third-order valence-corrected chi connectivity index (χ3v) is 5.19. The van der Waals surface area contributed by atoms with Gasteiger partial charge in [0.25, 0.3) is 0 Å². The average molecular weight is 370 g/mol. The molecule has 0 bridgehead atoms. The molecule has 1 aromatic carbocycles. The number of anilines is 1. The smallest absolute Gasteiger partial charge is 0.227 e. The highest BCUT2D eigenvalue weighted by Gasteiger charge is 2.27. The van der Waals surface area contributed by atoms with Crippen LogP contribution in [0, 0.1) is 6.92 Å². The topological polar surface area (TPSA) is 58.6 Å². The third kappa shape index (κ3) is 5.34. The number of nitrogens with one attached hydrogen (secondary N) is 1. The van der Waals surface area contributed by atoms with Crippen LogP contribution in [-0.4, -0.2) is 31.0 Å². The van der Waals surface area contributed by atoms with E-state index in [1.165, 1.54) is 18.4 Å². The number of carbonyl (C=O) groups excluding carboxylic acids is 2. The summed E-state index contributed by atoms with van der Waals surface area (Å²) >= 11 is 0. The lowest BCUT2D eigenvalue weighted by Crippen LogP contribution is -2.42. The van der Waals surface area contributed by atoms with Crippen LogP contribution in [0.2, 0.25) is 0 Å². The Hall–Kier alpha value is -2.30. The number of ether oxygens (including phenoxy) is 1. The van der Waals surface area contributed by atoms with E-state index < -0.39 is 0 Å². The van der Waals surface area contributed by atoms with Crippen molar-refractivity contribution in [3.05, 3.63) is 35.4 Å². The Morgan fingerprint density at radius 3 is 2.89 bits per heavy atom. The molecule has 1 aromatic rings. The molecule has 0 saturated heterocycles. The standard InChI is InChI=1S/C22H30N2O3/c1-16-8-9-20-19(14-16)24(15-17(2)27-20)22(26)11-10-21(25)23-13-12-18-6-4-3-5-7-18/h6,8-9,14,17H,3-5,7,10-13,15H2,1-2H3,(H,23,25)/t17-/m0/s1. The van der Waals surface area contributed by atoms with Gasteiger partial charge in [-0.15, -0.1) is 0 Å². The van der Waals surface area contributed by atoms with Gasteiger partial charge in [-0.3, -0.25) is 9.59 Å². The molecule has 0 aromatic heterocycles. The number of amides is 2. The van der Waals surface area contributed by atoms with Crippen molar-refractivity contribution in [1.29, 1.82) is 0 Å². The van der Waals surface area contributed by atoms with Crippen molar-refractivity contribution in [3.63, 3.8) is 0 Å². The number of benzene rings is 1. The lowest BCUT2D eigenvalue weighted by Gasteiger charge is -2.33. The van der Waals surface area contributed by atoms with E-state index in [0.717, 1.165) is 36.3 Å². The molecule has 27 heavy (non-hydrogen) atoms. The normalized spacial score (nSPS) is 19.0. The Morgan fingerprint density at radius 1 is 1.26 bits per heavy atom. The van der Waals surface area contributed by atoms with Crippen molar-refractivity contribution >= 4 is 17.5 Å². The molecule has 0 spiro atoms. The first kappa shape index (κ1) is 19.5. The fraction of sp³-hybridized carbons (Fsp3) is 0.545. The largest absolute Gasteiger partial charge is 0.487 e. The molecule has 5 nitrogen and oxygen atoms in total. The van der Waals surface area contributed by atoms with Gasteiger partial charge in [-0.25, -0.2) is 0 Å². The molecule has 1 heterocycles. The van der Waals surface area contributed by atoms with Gasteiger partial charge >= 0.3 is 0 Å². The minimum Gasteiger partial charge on any atom is -0.487 e. The first-order chi connectivity index (χ1) is 13.0. The lowest BCUT2D eigenvalue weighted by molar-refractivity contribution is -0.125. The molecule has 0 radical (unpaired) electrons. The summed E-state index contributed by atoms with van der Waals surface area (Å²) in [6.07, 6.45) is 8.47. The first-order valence-electron chi connectivity index (χ1n) is 10.0. The minimum atomic E-state index is -0.0539. The lowest BCUT2D eigenvalue weighted by atomic mass is 9.97. The molecule has 1 aliphatic heterocycles. The van der Waals surface area contributed by atoms with Gasteiger partial charge in [0, 0.05) is 19.4 Å². The maximum Gasteiger partial charge on any atom is 0.227 e. The molecule has 0 saturated carbocycles. The van der Waals surface area contributed by atoms with Crippen molar-refractivity contribution in [2.75, 3.05) is 18.0 Å². The molecular formula is C22H30N2O3. The van der Waals surface area contributed by atoms with Crippen molar-refractivity contribution in [3.8, 4) is 5.75 Å². The van der Waals surface area contributed by atoms with Gasteiger partial charge in [0.1, 0.15) is 11.9 Å². The molecule has 0 fully saturated rings. The molecular weight excluding hydrogens is 340 g/mol. The Balaban J connectivity index is 1.48. The molecule has 1 N–H and O–H groups in total. The van der Waals surface area contributed by atoms with Crippen molar-refractivity contribution in [2.45, 2.75) is 64.9 Å². The summed E-state index contributed by atoms with van der Waals surface area (Å²) in [7, 11) is 0. The summed E-state index contributed by atoms with van der Waals surface area (Å²) in [6.45, 7) is 5.13. The van der Waals surface area contributed by atoms with Gasteiger partial charge < -0.3 is 15.0 Å². The van der Waals surface area contributed by atoms with Gasteiger partial charge in [-0.1, -0.05) is 17.7 Å². The molecule has 1 aliphatic carbocycles. The van der Waals surface area contributed by atoms with E-state index >= 15 is 0 Å². The fourth-order valence-electron chi connectivity index (χ4n) is 3.72. The fourth-order valence-corrected chi connectivity index (χ4v) is 3.72. The molecule has 146 valence electrons. The number of fused-ring (bicyclic) bond motifs is 1. The van der Waals surface area contributed by atoms with E-state index in [9.17, 15) is 9.59 Å². The van der Waals surface area contributed by atoms with Crippen LogP contribution in [-0.2, 0) is 9.59 Å². The summed E-state index contributed by atoms with van der Waals surface area (Å²) < 4.78 is 5.83. The van der Waals surface area contributed by atoms with Crippen LogP contribution >= 0.6 is 0 Å². The maximum absolute atomic E-state index is 12.7.